The Bertz CT molecular complexity index is 1110. The zero-order chi connectivity index (χ0) is 20.5. The molecule has 2 amide bonds. The predicted octanol–water partition coefficient (Wildman–Crippen LogP) is 2.68. The highest BCUT2D eigenvalue weighted by Crippen LogP contribution is 2.24. The van der Waals surface area contributed by atoms with Crippen molar-refractivity contribution in [3.8, 4) is 0 Å². The highest BCUT2D eigenvalue weighted by Gasteiger charge is 2.34. The second-order valence-corrected chi connectivity index (χ2v) is 7.07. The quantitative estimate of drug-likeness (QED) is 0.650. The lowest BCUT2D eigenvalue weighted by molar-refractivity contribution is -0.119. The van der Waals surface area contributed by atoms with Gasteiger partial charge in [0.05, 0.1) is 17.3 Å². The predicted molar refractivity (Wildman–Crippen MR) is 106 cm³/mol. The van der Waals surface area contributed by atoms with Crippen LogP contribution in [0.25, 0.3) is 5.65 Å². The maximum absolute atomic E-state index is 12.9. The minimum absolute atomic E-state index is 0.182. The van der Waals surface area contributed by atoms with E-state index in [2.05, 4.69) is 10.3 Å². The van der Waals surface area contributed by atoms with Crippen molar-refractivity contribution >= 4 is 40.7 Å². The number of fused-ring (bicyclic) bond motifs is 1. The van der Waals surface area contributed by atoms with Crippen molar-refractivity contribution in [2.24, 2.45) is 0 Å². The van der Waals surface area contributed by atoms with Crippen LogP contribution in [-0.2, 0) is 9.53 Å². The summed E-state index contributed by atoms with van der Waals surface area (Å²) in [6, 6.07) is 9.77. The summed E-state index contributed by atoms with van der Waals surface area (Å²) in [5.74, 6) is -0.400. The number of carbonyl (C=O) groups excluding carboxylic acids is 3. The van der Waals surface area contributed by atoms with Crippen LogP contribution in [0.4, 0.5) is 10.5 Å². The first-order valence-corrected chi connectivity index (χ1v) is 9.29. The molecule has 1 saturated heterocycles. The van der Waals surface area contributed by atoms with E-state index in [9.17, 15) is 14.4 Å². The van der Waals surface area contributed by atoms with E-state index in [-0.39, 0.29) is 30.9 Å². The number of nitrogens with zero attached hydrogens (tertiary/aromatic N) is 3. The van der Waals surface area contributed by atoms with Gasteiger partial charge in [-0.2, -0.15) is 0 Å². The number of benzene rings is 1. The molecule has 29 heavy (non-hydrogen) atoms. The summed E-state index contributed by atoms with van der Waals surface area (Å²) in [6.45, 7) is 1.88. The minimum atomic E-state index is -0.490. The van der Waals surface area contributed by atoms with Crippen molar-refractivity contribution in [2.75, 3.05) is 18.1 Å². The molecule has 0 aliphatic carbocycles. The largest absolute Gasteiger partial charge is 0.447 e. The minimum Gasteiger partial charge on any atom is -0.447 e. The Labute approximate surface area is 171 Å². The molecule has 1 aliphatic rings. The van der Waals surface area contributed by atoms with Gasteiger partial charge in [0.25, 0.3) is 0 Å². The van der Waals surface area contributed by atoms with Gasteiger partial charge in [0.1, 0.15) is 17.9 Å². The van der Waals surface area contributed by atoms with Crippen LogP contribution in [0.5, 0.6) is 0 Å². The van der Waals surface area contributed by atoms with Crippen molar-refractivity contribution in [1.29, 1.82) is 0 Å². The normalized spacial score (nSPS) is 16.1. The third-order valence-corrected chi connectivity index (χ3v) is 4.88. The number of imidazole rings is 1. The number of cyclic esters (lactones) is 1. The number of nitrogens with one attached hydrogen (secondary N) is 1. The number of hydrogen-bond donors (Lipinski definition) is 1. The van der Waals surface area contributed by atoms with Crippen molar-refractivity contribution in [1.82, 2.24) is 14.7 Å². The number of amides is 2. The fourth-order valence-electron chi connectivity index (χ4n) is 3.23. The van der Waals surface area contributed by atoms with Crippen LogP contribution in [0.2, 0.25) is 5.02 Å². The summed E-state index contributed by atoms with van der Waals surface area (Å²) in [5.41, 5.74) is 2.04. The molecule has 0 radical (unpaired) electrons. The monoisotopic (exact) mass is 412 g/mol. The van der Waals surface area contributed by atoms with Crippen molar-refractivity contribution < 1.29 is 19.1 Å². The van der Waals surface area contributed by atoms with Gasteiger partial charge in [-0.3, -0.25) is 18.9 Å². The first kappa shape index (κ1) is 18.9. The molecule has 148 valence electrons. The SMILES string of the molecule is CC(=O)NCC1COC(=O)N1c1ccc(C(=O)c2cnc3ccc(Cl)cn23)cc1. The number of carbonyl (C=O) groups is 3. The zero-order valence-corrected chi connectivity index (χ0v) is 16.2. The third kappa shape index (κ3) is 3.66. The number of pyridine rings is 1. The van der Waals surface area contributed by atoms with Crippen molar-refractivity contribution in [3.05, 3.63) is 65.1 Å². The molecule has 1 unspecified atom stereocenters. The molecule has 0 bridgehead atoms. The second kappa shape index (κ2) is 7.56. The Kier molecular flexibility index (Phi) is 4.94. The van der Waals surface area contributed by atoms with Crippen LogP contribution in [-0.4, -0.2) is 46.4 Å². The maximum atomic E-state index is 12.9. The van der Waals surface area contributed by atoms with Gasteiger partial charge in [0.15, 0.2) is 0 Å². The highest BCUT2D eigenvalue weighted by atomic mass is 35.5. The smallest absolute Gasteiger partial charge is 0.414 e. The Balaban J connectivity index is 1.58. The summed E-state index contributed by atoms with van der Waals surface area (Å²) in [6.07, 6.45) is 2.65. The zero-order valence-electron chi connectivity index (χ0n) is 15.5. The van der Waals surface area contributed by atoms with Gasteiger partial charge in [0, 0.05) is 30.9 Å². The van der Waals surface area contributed by atoms with Crippen LogP contribution in [0.1, 0.15) is 23.0 Å². The summed E-state index contributed by atoms with van der Waals surface area (Å²) < 4.78 is 6.74. The topological polar surface area (TPSA) is 93.0 Å². The first-order valence-electron chi connectivity index (χ1n) is 8.92. The van der Waals surface area contributed by atoms with Gasteiger partial charge >= 0.3 is 6.09 Å². The van der Waals surface area contributed by atoms with E-state index in [1.165, 1.54) is 18.0 Å². The van der Waals surface area contributed by atoms with Crippen LogP contribution in [0.15, 0.2) is 48.8 Å². The Hall–Kier alpha value is -3.39. The van der Waals surface area contributed by atoms with E-state index in [0.29, 0.717) is 27.6 Å². The molecule has 9 heteroatoms. The summed E-state index contributed by atoms with van der Waals surface area (Å²) in [4.78, 5) is 41.9. The number of anilines is 1. The molecule has 1 fully saturated rings. The van der Waals surface area contributed by atoms with Crippen LogP contribution in [0.3, 0.4) is 0 Å². The lowest BCUT2D eigenvalue weighted by atomic mass is 10.1. The van der Waals surface area contributed by atoms with Gasteiger partial charge in [-0.25, -0.2) is 9.78 Å². The first-order chi connectivity index (χ1) is 13.9. The fourth-order valence-corrected chi connectivity index (χ4v) is 3.39. The Morgan fingerprint density at radius 3 is 2.72 bits per heavy atom. The number of halogens is 1. The third-order valence-electron chi connectivity index (χ3n) is 4.66. The van der Waals surface area contributed by atoms with Gasteiger partial charge in [0.2, 0.25) is 11.7 Å². The molecule has 3 aromatic rings. The lowest BCUT2D eigenvalue weighted by Crippen LogP contribution is -2.42. The van der Waals surface area contributed by atoms with Crippen LogP contribution in [0, 0.1) is 0 Å². The molecule has 3 heterocycles. The van der Waals surface area contributed by atoms with Crippen molar-refractivity contribution in [3.63, 3.8) is 0 Å². The number of rotatable bonds is 5. The summed E-state index contributed by atoms with van der Waals surface area (Å²) >= 11 is 6.03. The van der Waals surface area contributed by atoms with Gasteiger partial charge in [-0.1, -0.05) is 11.6 Å². The standard InChI is InChI=1S/C20H17ClN4O4/c1-12(26)22-8-16-11-29-20(28)25(16)15-5-2-13(3-6-15)19(27)17-9-23-18-7-4-14(21)10-24(17)18/h2-7,9-10,16H,8,11H2,1H3,(H,22,26). The molecule has 0 spiro atoms. The molecule has 1 aliphatic heterocycles. The average Bonchev–Trinajstić information content (AvgIpc) is 3.29. The lowest BCUT2D eigenvalue weighted by Gasteiger charge is -2.21. The second-order valence-electron chi connectivity index (χ2n) is 6.63. The molecular weight excluding hydrogens is 396 g/mol. The van der Waals surface area contributed by atoms with E-state index in [1.54, 1.807) is 47.0 Å². The fraction of sp³-hybridized carbons (Fsp3) is 0.200. The van der Waals surface area contributed by atoms with E-state index in [0.717, 1.165) is 0 Å². The molecule has 1 N–H and O–H groups in total. The molecule has 2 aromatic heterocycles. The molecule has 4 rings (SSSR count). The van der Waals surface area contributed by atoms with E-state index in [1.807, 2.05) is 0 Å². The highest BCUT2D eigenvalue weighted by molar-refractivity contribution is 6.30. The number of aromatic nitrogens is 2. The molecule has 1 aromatic carbocycles. The van der Waals surface area contributed by atoms with Gasteiger partial charge in [-0.05, 0) is 36.4 Å². The molecule has 0 saturated carbocycles. The maximum Gasteiger partial charge on any atom is 0.414 e. The molecule has 1 atom stereocenters. The number of ether oxygens (including phenoxy) is 1. The molecule has 8 nitrogen and oxygen atoms in total. The van der Waals surface area contributed by atoms with E-state index in [4.69, 9.17) is 16.3 Å². The Morgan fingerprint density at radius 1 is 1.24 bits per heavy atom. The van der Waals surface area contributed by atoms with E-state index >= 15 is 0 Å². The van der Waals surface area contributed by atoms with Crippen LogP contribution < -0.4 is 10.2 Å². The van der Waals surface area contributed by atoms with Gasteiger partial charge < -0.3 is 10.1 Å². The molecular formula is C20H17ClN4O4. The average molecular weight is 413 g/mol. The Morgan fingerprint density at radius 2 is 2.00 bits per heavy atom. The van der Waals surface area contributed by atoms with E-state index < -0.39 is 6.09 Å². The van der Waals surface area contributed by atoms with Crippen molar-refractivity contribution in [2.45, 2.75) is 13.0 Å². The summed E-state index contributed by atoms with van der Waals surface area (Å²) in [5, 5.41) is 3.19. The summed E-state index contributed by atoms with van der Waals surface area (Å²) in [7, 11) is 0. The number of ketones is 1. The number of hydrogen-bond acceptors (Lipinski definition) is 5. The van der Waals surface area contributed by atoms with Gasteiger partial charge in [-0.15, -0.1) is 0 Å². The van der Waals surface area contributed by atoms with Crippen LogP contribution >= 0.6 is 11.6 Å².